The van der Waals surface area contributed by atoms with Crippen molar-refractivity contribution in [3.8, 4) is 0 Å². The van der Waals surface area contributed by atoms with Crippen LogP contribution in [0.25, 0.3) is 0 Å². The number of anilines is 1. The summed E-state index contributed by atoms with van der Waals surface area (Å²) in [4.78, 5) is 0.248. The molecular formula is C13H22N2O3S. The van der Waals surface area contributed by atoms with Crippen molar-refractivity contribution in [2.75, 3.05) is 18.9 Å². The summed E-state index contributed by atoms with van der Waals surface area (Å²) in [6.07, 6.45) is 0.635. The van der Waals surface area contributed by atoms with Gasteiger partial charge in [-0.2, -0.15) is 0 Å². The number of ether oxygens (including phenoxy) is 1. The molecule has 5 nitrogen and oxygen atoms in total. The molecule has 1 unspecified atom stereocenters. The Morgan fingerprint density at radius 2 is 2.05 bits per heavy atom. The second-order valence-corrected chi connectivity index (χ2v) is 6.08. The molecule has 0 amide bonds. The Morgan fingerprint density at radius 3 is 2.63 bits per heavy atom. The number of sulfonamides is 1. The Bertz CT molecular complexity index is 515. The average molecular weight is 286 g/mol. The van der Waals surface area contributed by atoms with Crippen LogP contribution in [-0.4, -0.2) is 27.7 Å². The zero-order valence-corrected chi connectivity index (χ0v) is 12.5. The van der Waals surface area contributed by atoms with E-state index in [0.29, 0.717) is 25.3 Å². The van der Waals surface area contributed by atoms with Gasteiger partial charge in [-0.3, -0.25) is 0 Å². The molecule has 0 radical (unpaired) electrons. The van der Waals surface area contributed by atoms with Gasteiger partial charge in [-0.05, 0) is 38.0 Å². The smallest absolute Gasteiger partial charge is 0.241 e. The Balaban J connectivity index is 2.96. The van der Waals surface area contributed by atoms with Crippen molar-refractivity contribution in [2.45, 2.75) is 38.1 Å². The summed E-state index contributed by atoms with van der Waals surface area (Å²) < 4.78 is 32.4. The third-order valence-corrected chi connectivity index (χ3v) is 4.36. The fraction of sp³-hybridized carbons (Fsp3) is 0.538. The molecule has 1 aromatic rings. The molecule has 0 saturated heterocycles. The Morgan fingerprint density at radius 1 is 1.37 bits per heavy atom. The van der Waals surface area contributed by atoms with Crippen LogP contribution in [0.3, 0.4) is 0 Å². The molecule has 0 aliphatic heterocycles. The van der Waals surface area contributed by atoms with E-state index in [1.165, 1.54) is 6.07 Å². The van der Waals surface area contributed by atoms with E-state index in [0.717, 1.165) is 5.56 Å². The van der Waals surface area contributed by atoms with E-state index in [1.807, 2.05) is 13.8 Å². The van der Waals surface area contributed by atoms with Crippen molar-refractivity contribution in [1.29, 1.82) is 0 Å². The van der Waals surface area contributed by atoms with Crippen molar-refractivity contribution >= 4 is 15.7 Å². The van der Waals surface area contributed by atoms with Gasteiger partial charge in [-0.25, -0.2) is 13.1 Å². The van der Waals surface area contributed by atoms with Crippen molar-refractivity contribution in [3.63, 3.8) is 0 Å². The molecule has 1 atom stereocenters. The molecule has 1 rings (SSSR count). The molecule has 0 fully saturated rings. The minimum Gasteiger partial charge on any atom is -0.399 e. The molecule has 0 aliphatic carbocycles. The van der Waals surface area contributed by atoms with Gasteiger partial charge in [0.2, 0.25) is 10.0 Å². The Kier molecular flexibility index (Phi) is 5.78. The summed E-state index contributed by atoms with van der Waals surface area (Å²) in [7, 11) is -3.57. The number of rotatable bonds is 7. The minimum absolute atomic E-state index is 0.248. The SMILES string of the molecule is CCOCC(C)NS(=O)(=O)c1cc(N)ccc1CC. The number of aryl methyl sites for hydroxylation is 1. The highest BCUT2D eigenvalue weighted by Gasteiger charge is 2.20. The standard InChI is InChI=1S/C13H22N2O3S/c1-4-11-6-7-12(14)8-13(11)19(16,17)15-10(3)9-18-5-2/h6-8,10,15H,4-5,9,14H2,1-3H3. The van der Waals surface area contributed by atoms with E-state index < -0.39 is 10.0 Å². The lowest BCUT2D eigenvalue weighted by Gasteiger charge is -2.16. The first-order valence-corrected chi connectivity index (χ1v) is 7.87. The lowest BCUT2D eigenvalue weighted by molar-refractivity contribution is 0.133. The van der Waals surface area contributed by atoms with Crippen LogP contribution in [0.1, 0.15) is 26.3 Å². The molecule has 0 heterocycles. The average Bonchev–Trinajstić information content (AvgIpc) is 2.35. The van der Waals surface area contributed by atoms with Crippen LogP contribution in [0.5, 0.6) is 0 Å². The van der Waals surface area contributed by atoms with Crippen LogP contribution in [0.15, 0.2) is 23.1 Å². The van der Waals surface area contributed by atoms with Crippen LogP contribution < -0.4 is 10.5 Å². The van der Waals surface area contributed by atoms with E-state index in [2.05, 4.69) is 4.72 Å². The highest BCUT2D eigenvalue weighted by atomic mass is 32.2. The van der Waals surface area contributed by atoms with Gasteiger partial charge in [0.05, 0.1) is 11.5 Å². The number of nitrogens with one attached hydrogen (secondary N) is 1. The van der Waals surface area contributed by atoms with Crippen LogP contribution in [0.2, 0.25) is 0 Å². The number of hydrogen-bond acceptors (Lipinski definition) is 4. The van der Waals surface area contributed by atoms with Crippen molar-refractivity contribution in [1.82, 2.24) is 4.72 Å². The summed E-state index contributed by atoms with van der Waals surface area (Å²) in [5, 5.41) is 0. The van der Waals surface area contributed by atoms with Crippen LogP contribution >= 0.6 is 0 Å². The maximum absolute atomic E-state index is 12.3. The first-order chi connectivity index (χ1) is 8.90. The van der Waals surface area contributed by atoms with Gasteiger partial charge in [0, 0.05) is 18.3 Å². The van der Waals surface area contributed by atoms with E-state index in [1.54, 1.807) is 19.1 Å². The van der Waals surface area contributed by atoms with Gasteiger partial charge >= 0.3 is 0 Å². The van der Waals surface area contributed by atoms with E-state index in [9.17, 15) is 8.42 Å². The highest BCUT2D eigenvalue weighted by molar-refractivity contribution is 7.89. The highest BCUT2D eigenvalue weighted by Crippen LogP contribution is 2.19. The summed E-state index contributed by atoms with van der Waals surface area (Å²) in [5.74, 6) is 0. The van der Waals surface area contributed by atoms with Crippen LogP contribution in [0, 0.1) is 0 Å². The summed E-state index contributed by atoms with van der Waals surface area (Å²) in [6.45, 7) is 6.46. The summed E-state index contributed by atoms with van der Waals surface area (Å²) >= 11 is 0. The van der Waals surface area contributed by atoms with Crippen molar-refractivity contribution in [2.24, 2.45) is 0 Å². The molecule has 0 aliphatic rings. The maximum atomic E-state index is 12.3. The lowest BCUT2D eigenvalue weighted by Crippen LogP contribution is -2.36. The summed E-state index contributed by atoms with van der Waals surface area (Å²) in [6, 6.07) is 4.67. The molecule has 19 heavy (non-hydrogen) atoms. The second-order valence-electron chi connectivity index (χ2n) is 4.40. The first-order valence-electron chi connectivity index (χ1n) is 6.39. The molecule has 0 saturated carbocycles. The fourth-order valence-electron chi connectivity index (χ4n) is 1.77. The van der Waals surface area contributed by atoms with Gasteiger partial charge in [-0.1, -0.05) is 13.0 Å². The maximum Gasteiger partial charge on any atom is 0.241 e. The number of nitrogen functional groups attached to an aromatic ring is 1. The Labute approximate surface area is 115 Å². The van der Waals surface area contributed by atoms with Gasteiger partial charge in [0.25, 0.3) is 0 Å². The van der Waals surface area contributed by atoms with E-state index in [4.69, 9.17) is 10.5 Å². The topological polar surface area (TPSA) is 81.4 Å². The van der Waals surface area contributed by atoms with Crippen LogP contribution in [0.4, 0.5) is 5.69 Å². The molecule has 0 spiro atoms. The largest absolute Gasteiger partial charge is 0.399 e. The van der Waals surface area contributed by atoms with Crippen molar-refractivity contribution < 1.29 is 13.2 Å². The predicted octanol–water partition coefficient (Wildman–Crippen LogP) is 1.53. The zero-order valence-electron chi connectivity index (χ0n) is 11.6. The van der Waals surface area contributed by atoms with Gasteiger partial charge < -0.3 is 10.5 Å². The quantitative estimate of drug-likeness (QED) is 0.745. The zero-order chi connectivity index (χ0) is 14.5. The molecular weight excluding hydrogens is 264 g/mol. The molecule has 108 valence electrons. The second kappa shape index (κ2) is 6.88. The van der Waals surface area contributed by atoms with Crippen LogP contribution in [-0.2, 0) is 21.2 Å². The first kappa shape index (κ1) is 15.9. The molecule has 0 bridgehead atoms. The Hall–Kier alpha value is -1.11. The number of hydrogen-bond donors (Lipinski definition) is 2. The molecule has 0 aromatic heterocycles. The molecule has 6 heteroatoms. The van der Waals surface area contributed by atoms with Gasteiger partial charge in [-0.15, -0.1) is 0 Å². The normalized spacial score (nSPS) is 13.4. The minimum atomic E-state index is -3.57. The fourth-order valence-corrected chi connectivity index (χ4v) is 3.34. The third-order valence-electron chi connectivity index (χ3n) is 2.69. The molecule has 1 aromatic carbocycles. The van der Waals surface area contributed by atoms with Crippen molar-refractivity contribution in [3.05, 3.63) is 23.8 Å². The van der Waals surface area contributed by atoms with Gasteiger partial charge in [0.15, 0.2) is 0 Å². The third kappa shape index (κ3) is 4.49. The van der Waals surface area contributed by atoms with E-state index in [-0.39, 0.29) is 10.9 Å². The van der Waals surface area contributed by atoms with Gasteiger partial charge in [0.1, 0.15) is 0 Å². The predicted molar refractivity (Wildman–Crippen MR) is 76.5 cm³/mol. The lowest BCUT2D eigenvalue weighted by atomic mass is 10.1. The summed E-state index contributed by atoms with van der Waals surface area (Å²) in [5.41, 5.74) is 6.87. The molecule has 3 N–H and O–H groups in total. The number of nitrogens with two attached hydrogens (primary N) is 1. The monoisotopic (exact) mass is 286 g/mol. The number of benzene rings is 1. The van der Waals surface area contributed by atoms with E-state index >= 15 is 0 Å².